The van der Waals surface area contributed by atoms with E-state index in [1.807, 2.05) is 41.9 Å². The Kier molecular flexibility index (Phi) is 5.25. The highest BCUT2D eigenvalue weighted by Crippen LogP contribution is 2.24. The Morgan fingerprint density at radius 3 is 2.82 bits per heavy atom. The second kappa shape index (κ2) is 8.14. The van der Waals surface area contributed by atoms with Crippen LogP contribution in [0.4, 0.5) is 4.39 Å². The number of carbonyl (C=O) groups is 1. The van der Waals surface area contributed by atoms with Crippen LogP contribution in [0.1, 0.15) is 11.3 Å². The predicted molar refractivity (Wildman–Crippen MR) is 107 cm³/mol. The molecule has 5 nitrogen and oxygen atoms in total. The Morgan fingerprint density at radius 1 is 1.14 bits per heavy atom. The van der Waals surface area contributed by atoms with Crippen molar-refractivity contribution in [2.24, 2.45) is 0 Å². The number of rotatable bonds is 6. The average molecular weight is 392 g/mol. The lowest BCUT2D eigenvalue weighted by atomic mass is 10.2. The van der Waals surface area contributed by atoms with Gasteiger partial charge in [0.2, 0.25) is 5.91 Å². The lowest BCUT2D eigenvalue weighted by Crippen LogP contribution is -2.24. The number of nitrogens with one attached hydrogen (secondary N) is 1. The third kappa shape index (κ3) is 4.32. The first-order valence-corrected chi connectivity index (χ1v) is 9.61. The van der Waals surface area contributed by atoms with Crippen molar-refractivity contribution in [3.05, 3.63) is 89.4 Å². The van der Waals surface area contributed by atoms with Crippen molar-refractivity contribution in [3.8, 4) is 16.3 Å². The second-order valence-corrected chi connectivity index (χ2v) is 7.09. The third-order valence-electron chi connectivity index (χ3n) is 4.11. The molecule has 0 aliphatic carbocycles. The smallest absolute Gasteiger partial charge is 0.226 e. The van der Waals surface area contributed by atoms with Crippen LogP contribution < -0.4 is 5.32 Å². The number of thiazole rings is 1. The van der Waals surface area contributed by atoms with Gasteiger partial charge in [0.1, 0.15) is 10.8 Å². The van der Waals surface area contributed by atoms with E-state index in [-0.39, 0.29) is 18.1 Å². The summed E-state index contributed by atoms with van der Waals surface area (Å²) in [4.78, 5) is 16.7. The SMILES string of the molecule is O=C(Cc1csc(-c2cccc(F)c2)n1)NCc1cnn(-c2ccccc2)c1. The largest absolute Gasteiger partial charge is 0.352 e. The van der Waals surface area contributed by atoms with Crippen LogP contribution in [0.2, 0.25) is 0 Å². The van der Waals surface area contributed by atoms with E-state index < -0.39 is 0 Å². The van der Waals surface area contributed by atoms with Crippen molar-refractivity contribution >= 4 is 17.2 Å². The summed E-state index contributed by atoms with van der Waals surface area (Å²) in [5, 5.41) is 9.73. The molecule has 2 aromatic carbocycles. The second-order valence-electron chi connectivity index (χ2n) is 6.24. The Balaban J connectivity index is 1.34. The number of amides is 1. The van der Waals surface area contributed by atoms with Gasteiger partial charge in [-0.15, -0.1) is 11.3 Å². The molecular formula is C21H17FN4OS. The minimum atomic E-state index is -0.303. The molecule has 0 atom stereocenters. The van der Waals surface area contributed by atoms with E-state index in [1.165, 1.54) is 23.5 Å². The summed E-state index contributed by atoms with van der Waals surface area (Å²) in [5.41, 5.74) is 3.26. The van der Waals surface area contributed by atoms with Gasteiger partial charge in [-0.1, -0.05) is 30.3 Å². The van der Waals surface area contributed by atoms with Gasteiger partial charge in [0, 0.05) is 29.2 Å². The van der Waals surface area contributed by atoms with E-state index in [9.17, 15) is 9.18 Å². The lowest BCUT2D eigenvalue weighted by Gasteiger charge is -2.02. The zero-order valence-electron chi connectivity index (χ0n) is 14.9. The van der Waals surface area contributed by atoms with Crippen molar-refractivity contribution in [2.45, 2.75) is 13.0 Å². The highest BCUT2D eigenvalue weighted by atomic mass is 32.1. The van der Waals surface area contributed by atoms with Gasteiger partial charge in [0.15, 0.2) is 0 Å². The van der Waals surface area contributed by atoms with E-state index in [0.717, 1.165) is 11.3 Å². The summed E-state index contributed by atoms with van der Waals surface area (Å²) >= 11 is 1.40. The minimum Gasteiger partial charge on any atom is -0.352 e. The first-order valence-electron chi connectivity index (χ1n) is 8.73. The number of hydrogen-bond acceptors (Lipinski definition) is 4. The van der Waals surface area contributed by atoms with Crippen molar-refractivity contribution in [2.75, 3.05) is 0 Å². The maximum atomic E-state index is 13.3. The number of nitrogens with zero attached hydrogens (tertiary/aromatic N) is 3. The fraction of sp³-hybridized carbons (Fsp3) is 0.0952. The molecule has 0 fully saturated rings. The molecule has 0 radical (unpaired) electrons. The average Bonchev–Trinajstić information content (AvgIpc) is 3.37. The normalized spacial score (nSPS) is 10.8. The Bertz CT molecular complexity index is 1090. The molecule has 28 heavy (non-hydrogen) atoms. The van der Waals surface area contributed by atoms with E-state index >= 15 is 0 Å². The van der Waals surface area contributed by atoms with Gasteiger partial charge in [-0.2, -0.15) is 5.10 Å². The zero-order valence-corrected chi connectivity index (χ0v) is 15.7. The summed E-state index contributed by atoms with van der Waals surface area (Å²) in [5.74, 6) is -0.424. The van der Waals surface area contributed by atoms with Crippen LogP contribution in [0, 0.1) is 5.82 Å². The summed E-state index contributed by atoms with van der Waals surface area (Å²) in [7, 11) is 0. The van der Waals surface area contributed by atoms with Crippen LogP contribution in [-0.4, -0.2) is 20.7 Å². The standard InChI is InChI=1S/C21H17FN4OS/c22-17-6-4-5-16(9-17)21-25-18(14-28-21)10-20(27)23-11-15-12-24-26(13-15)19-7-2-1-3-8-19/h1-9,12-14H,10-11H2,(H,23,27). The van der Waals surface area contributed by atoms with Gasteiger partial charge in [0.05, 0.1) is 24.0 Å². The molecule has 0 aliphatic heterocycles. The van der Waals surface area contributed by atoms with Gasteiger partial charge in [0.25, 0.3) is 0 Å². The number of carbonyl (C=O) groups excluding carboxylic acids is 1. The van der Waals surface area contributed by atoms with Gasteiger partial charge in [-0.25, -0.2) is 14.1 Å². The Labute approximate surface area is 165 Å². The van der Waals surface area contributed by atoms with Gasteiger partial charge >= 0.3 is 0 Å². The van der Waals surface area contributed by atoms with Gasteiger partial charge in [-0.05, 0) is 24.3 Å². The Hall–Kier alpha value is -3.32. The number of halogens is 1. The highest BCUT2D eigenvalue weighted by molar-refractivity contribution is 7.13. The van der Waals surface area contributed by atoms with Crippen molar-refractivity contribution in [1.29, 1.82) is 0 Å². The number of benzene rings is 2. The van der Waals surface area contributed by atoms with Crippen molar-refractivity contribution in [3.63, 3.8) is 0 Å². The lowest BCUT2D eigenvalue weighted by molar-refractivity contribution is -0.120. The molecule has 7 heteroatoms. The first-order chi connectivity index (χ1) is 13.7. The van der Waals surface area contributed by atoms with Gasteiger partial charge in [-0.3, -0.25) is 4.79 Å². The highest BCUT2D eigenvalue weighted by Gasteiger charge is 2.10. The van der Waals surface area contributed by atoms with Crippen LogP contribution in [0.25, 0.3) is 16.3 Å². The number of hydrogen-bond donors (Lipinski definition) is 1. The number of aromatic nitrogens is 3. The summed E-state index contributed by atoms with van der Waals surface area (Å²) < 4.78 is 15.1. The molecule has 0 saturated carbocycles. The topological polar surface area (TPSA) is 59.8 Å². The molecule has 0 unspecified atom stereocenters. The number of para-hydroxylation sites is 1. The van der Waals surface area contributed by atoms with Gasteiger partial charge < -0.3 is 5.32 Å². The molecule has 2 aromatic heterocycles. The van der Waals surface area contributed by atoms with E-state index in [4.69, 9.17) is 0 Å². The molecule has 140 valence electrons. The van der Waals surface area contributed by atoms with Crippen LogP contribution >= 0.6 is 11.3 Å². The van der Waals surface area contributed by atoms with Crippen molar-refractivity contribution in [1.82, 2.24) is 20.1 Å². The van der Waals surface area contributed by atoms with Crippen LogP contribution in [-0.2, 0) is 17.8 Å². The fourth-order valence-electron chi connectivity index (χ4n) is 2.74. The van der Waals surface area contributed by atoms with E-state index in [2.05, 4.69) is 15.4 Å². The molecule has 1 amide bonds. The molecule has 0 bridgehead atoms. The molecule has 0 aliphatic rings. The van der Waals surface area contributed by atoms with Crippen LogP contribution in [0.3, 0.4) is 0 Å². The van der Waals surface area contributed by atoms with Crippen molar-refractivity contribution < 1.29 is 9.18 Å². The van der Waals surface area contributed by atoms with E-state index in [0.29, 0.717) is 22.8 Å². The molecule has 0 saturated heterocycles. The molecule has 0 spiro atoms. The Morgan fingerprint density at radius 2 is 2.00 bits per heavy atom. The summed E-state index contributed by atoms with van der Waals surface area (Å²) in [6, 6.07) is 16.1. The predicted octanol–water partition coefficient (Wildman–Crippen LogP) is 3.99. The quantitative estimate of drug-likeness (QED) is 0.540. The molecule has 1 N–H and O–H groups in total. The first kappa shape index (κ1) is 18.1. The molecular weight excluding hydrogens is 375 g/mol. The van der Waals surface area contributed by atoms with Crippen LogP contribution in [0.5, 0.6) is 0 Å². The maximum Gasteiger partial charge on any atom is 0.226 e. The molecule has 2 heterocycles. The summed E-state index contributed by atoms with van der Waals surface area (Å²) in [6.07, 6.45) is 3.80. The molecule has 4 aromatic rings. The summed E-state index contributed by atoms with van der Waals surface area (Å²) in [6.45, 7) is 0.395. The monoisotopic (exact) mass is 392 g/mol. The molecule has 4 rings (SSSR count). The van der Waals surface area contributed by atoms with Crippen LogP contribution in [0.15, 0.2) is 72.4 Å². The maximum absolute atomic E-state index is 13.3. The fourth-order valence-corrected chi connectivity index (χ4v) is 3.56. The zero-order chi connectivity index (χ0) is 19.3. The van der Waals surface area contributed by atoms with E-state index in [1.54, 1.807) is 23.0 Å². The third-order valence-corrected chi connectivity index (χ3v) is 5.05. The minimum absolute atomic E-state index is 0.122.